The van der Waals surface area contributed by atoms with Crippen molar-refractivity contribution < 1.29 is 29.3 Å². The number of aliphatic carboxylic acids is 1. The summed E-state index contributed by atoms with van der Waals surface area (Å²) in [5, 5.41) is 20.9. The number of nitrogens with one attached hydrogen (secondary N) is 1. The molecule has 2 aromatic carbocycles. The molecule has 1 amide bonds. The highest BCUT2D eigenvalue weighted by Crippen LogP contribution is 2.29. The minimum absolute atomic E-state index is 0.0957. The molecule has 2 aromatic rings. The molecule has 130 valence electrons. The second kappa shape index (κ2) is 8.16. The Morgan fingerprint density at radius 1 is 1.00 bits per heavy atom. The number of hydrogen-bond donors (Lipinski definition) is 3. The van der Waals surface area contributed by atoms with Crippen LogP contribution in [-0.2, 0) is 9.59 Å². The molecule has 0 atom stereocenters. The number of ether oxygens (including phenoxy) is 1. The van der Waals surface area contributed by atoms with Crippen LogP contribution in [0.5, 0.6) is 11.5 Å². The normalized spacial score (nSPS) is 10.1. The predicted octanol–water partition coefficient (Wildman–Crippen LogP) is 3.63. The third-order valence-corrected chi connectivity index (χ3v) is 3.35. The van der Waals surface area contributed by atoms with Gasteiger partial charge in [0.15, 0.2) is 0 Å². The van der Waals surface area contributed by atoms with Gasteiger partial charge in [0.1, 0.15) is 17.1 Å². The van der Waals surface area contributed by atoms with Gasteiger partial charge in [0, 0.05) is 17.1 Å². The van der Waals surface area contributed by atoms with E-state index >= 15 is 0 Å². The maximum Gasteiger partial charge on any atom is 0.339 e. The van der Waals surface area contributed by atoms with E-state index in [2.05, 4.69) is 5.32 Å². The quantitative estimate of drug-likeness (QED) is 0.692. The average Bonchev–Trinajstić information content (AvgIpc) is 2.56. The fraction of sp³-hybridized carbons (Fsp3) is 0.118. The Morgan fingerprint density at radius 2 is 1.68 bits per heavy atom. The molecule has 3 N–H and O–H groups in total. The minimum Gasteiger partial charge on any atom is -0.481 e. The summed E-state index contributed by atoms with van der Waals surface area (Å²) in [7, 11) is 0. The summed E-state index contributed by atoms with van der Waals surface area (Å²) in [5.74, 6) is -2.34. The summed E-state index contributed by atoms with van der Waals surface area (Å²) in [6.45, 7) is 0. The number of anilines is 1. The van der Waals surface area contributed by atoms with Crippen LogP contribution < -0.4 is 10.1 Å². The van der Waals surface area contributed by atoms with Gasteiger partial charge in [-0.05, 0) is 42.5 Å². The number of carboxylic acid groups (broad SMARTS) is 2. The standard InChI is InChI=1S/C17H14ClNO6/c18-10-1-4-12(5-2-10)25-14-6-3-11(9-13(14)17(23)24)19-15(20)7-8-16(21)22/h1-6,9H,7-8H2,(H,19,20)(H,21,22)(H,23,24). The van der Waals surface area contributed by atoms with Crippen LogP contribution in [0.4, 0.5) is 5.69 Å². The summed E-state index contributed by atoms with van der Waals surface area (Å²) in [4.78, 5) is 33.5. The van der Waals surface area contributed by atoms with Crippen molar-refractivity contribution in [2.24, 2.45) is 0 Å². The Morgan fingerprint density at radius 3 is 2.28 bits per heavy atom. The topological polar surface area (TPSA) is 113 Å². The van der Waals surface area contributed by atoms with Crippen molar-refractivity contribution in [3.05, 3.63) is 53.1 Å². The fourth-order valence-corrected chi connectivity index (χ4v) is 2.06. The van der Waals surface area contributed by atoms with Crippen molar-refractivity contribution in [2.45, 2.75) is 12.8 Å². The Balaban J connectivity index is 2.16. The molecule has 8 heteroatoms. The number of aromatic carboxylic acids is 1. The van der Waals surface area contributed by atoms with Crippen LogP contribution in [0.3, 0.4) is 0 Å². The first-order valence-electron chi connectivity index (χ1n) is 7.17. The van der Waals surface area contributed by atoms with Crippen LogP contribution in [-0.4, -0.2) is 28.1 Å². The molecule has 0 radical (unpaired) electrons. The van der Waals surface area contributed by atoms with E-state index < -0.39 is 17.8 Å². The van der Waals surface area contributed by atoms with E-state index in [1.165, 1.54) is 18.2 Å². The minimum atomic E-state index is -1.23. The lowest BCUT2D eigenvalue weighted by atomic mass is 10.1. The van der Waals surface area contributed by atoms with Gasteiger partial charge in [0.05, 0.1) is 6.42 Å². The second-order valence-corrected chi connectivity index (χ2v) is 5.45. The molecular weight excluding hydrogens is 350 g/mol. The first-order valence-corrected chi connectivity index (χ1v) is 7.55. The van der Waals surface area contributed by atoms with E-state index in [1.54, 1.807) is 24.3 Å². The Bertz CT molecular complexity index is 803. The molecule has 0 aromatic heterocycles. The van der Waals surface area contributed by atoms with Crippen LogP contribution in [0.25, 0.3) is 0 Å². The number of carbonyl (C=O) groups is 3. The molecule has 0 aliphatic rings. The predicted molar refractivity (Wildman–Crippen MR) is 90.4 cm³/mol. The van der Waals surface area contributed by atoms with Crippen molar-refractivity contribution in [2.75, 3.05) is 5.32 Å². The Kier molecular flexibility index (Phi) is 5.97. The van der Waals surface area contributed by atoms with Crippen LogP contribution >= 0.6 is 11.6 Å². The van der Waals surface area contributed by atoms with Crippen LogP contribution in [0.2, 0.25) is 5.02 Å². The number of benzene rings is 2. The second-order valence-electron chi connectivity index (χ2n) is 5.01. The third-order valence-electron chi connectivity index (χ3n) is 3.10. The average molecular weight is 364 g/mol. The van der Waals surface area contributed by atoms with Gasteiger partial charge in [-0.25, -0.2) is 4.79 Å². The van der Waals surface area contributed by atoms with E-state index in [1.807, 2.05) is 0 Å². The van der Waals surface area contributed by atoms with Gasteiger partial charge in [-0.2, -0.15) is 0 Å². The molecule has 0 spiro atoms. The SMILES string of the molecule is O=C(O)CCC(=O)Nc1ccc(Oc2ccc(Cl)cc2)c(C(=O)O)c1. The molecule has 7 nitrogen and oxygen atoms in total. The van der Waals surface area contributed by atoms with Crippen molar-refractivity contribution in [1.29, 1.82) is 0 Å². The summed E-state index contributed by atoms with van der Waals surface area (Å²) in [6, 6.07) is 10.5. The first kappa shape index (κ1) is 18.3. The Labute approximate surface area is 147 Å². The summed E-state index contributed by atoms with van der Waals surface area (Å²) in [6.07, 6.45) is -0.518. The highest BCUT2D eigenvalue weighted by Gasteiger charge is 2.15. The van der Waals surface area contributed by atoms with Gasteiger partial charge in [0.2, 0.25) is 5.91 Å². The number of hydrogen-bond acceptors (Lipinski definition) is 4. The zero-order valence-corrected chi connectivity index (χ0v) is 13.6. The molecule has 0 saturated carbocycles. The van der Waals surface area contributed by atoms with Gasteiger partial charge in [-0.3, -0.25) is 9.59 Å². The molecule has 0 aliphatic carbocycles. The number of carboxylic acids is 2. The van der Waals surface area contributed by atoms with E-state index in [0.717, 1.165) is 0 Å². The number of carbonyl (C=O) groups excluding carboxylic acids is 1. The molecule has 0 bridgehead atoms. The largest absolute Gasteiger partial charge is 0.481 e. The van der Waals surface area contributed by atoms with Crippen molar-refractivity contribution >= 4 is 35.1 Å². The monoisotopic (exact) mass is 363 g/mol. The van der Waals surface area contributed by atoms with Crippen LogP contribution in [0, 0.1) is 0 Å². The summed E-state index contributed by atoms with van der Waals surface area (Å²) >= 11 is 5.78. The highest BCUT2D eigenvalue weighted by atomic mass is 35.5. The smallest absolute Gasteiger partial charge is 0.339 e. The lowest BCUT2D eigenvalue weighted by Gasteiger charge is -2.11. The first-order chi connectivity index (χ1) is 11.8. The van der Waals surface area contributed by atoms with Crippen molar-refractivity contribution in [1.82, 2.24) is 0 Å². The lowest BCUT2D eigenvalue weighted by Crippen LogP contribution is -2.13. The Hall–Kier alpha value is -3.06. The van der Waals surface area contributed by atoms with E-state index in [-0.39, 0.29) is 29.8 Å². The highest BCUT2D eigenvalue weighted by molar-refractivity contribution is 6.30. The molecule has 0 aliphatic heterocycles. The molecular formula is C17H14ClNO6. The zero-order chi connectivity index (χ0) is 18.4. The summed E-state index contributed by atoms with van der Waals surface area (Å²) in [5.41, 5.74) is 0.0854. The van der Waals surface area contributed by atoms with Gasteiger partial charge < -0.3 is 20.3 Å². The number of halogens is 1. The van der Waals surface area contributed by atoms with E-state index in [4.69, 9.17) is 21.4 Å². The molecule has 0 unspecified atom stereocenters. The van der Waals surface area contributed by atoms with E-state index in [0.29, 0.717) is 10.8 Å². The van der Waals surface area contributed by atoms with Crippen LogP contribution in [0.1, 0.15) is 23.2 Å². The van der Waals surface area contributed by atoms with Gasteiger partial charge in [-0.1, -0.05) is 11.6 Å². The number of amides is 1. The third kappa shape index (κ3) is 5.50. The molecule has 0 saturated heterocycles. The molecule has 0 fully saturated rings. The molecule has 2 rings (SSSR count). The fourth-order valence-electron chi connectivity index (χ4n) is 1.94. The molecule has 0 heterocycles. The van der Waals surface area contributed by atoms with Gasteiger partial charge in [0.25, 0.3) is 0 Å². The maximum atomic E-state index is 11.6. The summed E-state index contributed by atoms with van der Waals surface area (Å²) < 4.78 is 5.53. The zero-order valence-electron chi connectivity index (χ0n) is 12.9. The molecule has 25 heavy (non-hydrogen) atoms. The van der Waals surface area contributed by atoms with Gasteiger partial charge >= 0.3 is 11.9 Å². The maximum absolute atomic E-state index is 11.6. The van der Waals surface area contributed by atoms with Crippen molar-refractivity contribution in [3.8, 4) is 11.5 Å². The number of rotatable bonds is 7. The van der Waals surface area contributed by atoms with Crippen molar-refractivity contribution in [3.63, 3.8) is 0 Å². The van der Waals surface area contributed by atoms with Gasteiger partial charge in [-0.15, -0.1) is 0 Å². The van der Waals surface area contributed by atoms with Crippen LogP contribution in [0.15, 0.2) is 42.5 Å². The van der Waals surface area contributed by atoms with E-state index in [9.17, 15) is 19.5 Å². The lowest BCUT2D eigenvalue weighted by molar-refractivity contribution is -0.138.